The van der Waals surface area contributed by atoms with Crippen LogP contribution < -0.4 is 0 Å². The molecule has 0 N–H and O–H groups in total. The highest BCUT2D eigenvalue weighted by Gasteiger charge is 2.13. The zero-order chi connectivity index (χ0) is 18.1. The van der Waals surface area contributed by atoms with Gasteiger partial charge in [-0.3, -0.25) is 0 Å². The molecule has 0 fully saturated rings. The van der Waals surface area contributed by atoms with Crippen molar-refractivity contribution in [3.8, 4) is 11.1 Å². The average Bonchev–Trinajstić information content (AvgIpc) is 3.08. The summed E-state index contributed by atoms with van der Waals surface area (Å²) in [6.07, 6.45) is 1.68. The highest BCUT2D eigenvalue weighted by molar-refractivity contribution is 7.98. The molecule has 0 aliphatic carbocycles. The summed E-state index contributed by atoms with van der Waals surface area (Å²) in [4.78, 5) is 10.1. The molecule has 2 aromatic heterocycles. The maximum absolute atomic E-state index is 4.60. The number of hydrogen-bond acceptors (Lipinski definition) is 4. The maximum atomic E-state index is 4.60. The van der Waals surface area contributed by atoms with E-state index in [0.29, 0.717) is 0 Å². The fraction of sp³-hybridized carbons (Fsp3) is 0.182. The maximum Gasteiger partial charge on any atom is 0.128 e. The van der Waals surface area contributed by atoms with Crippen LogP contribution in [-0.4, -0.2) is 9.97 Å². The van der Waals surface area contributed by atoms with E-state index in [0.717, 1.165) is 15.6 Å². The summed E-state index contributed by atoms with van der Waals surface area (Å²) in [7, 11) is 0. The largest absolute Gasteiger partial charge is 0.229 e. The molecule has 0 unspecified atom stereocenters. The highest BCUT2D eigenvalue weighted by atomic mass is 32.2. The van der Waals surface area contributed by atoms with Gasteiger partial charge in [0.1, 0.15) is 16.2 Å². The molecule has 4 aromatic rings. The van der Waals surface area contributed by atoms with Crippen LogP contribution >= 0.6 is 23.1 Å². The third kappa shape index (κ3) is 3.39. The van der Waals surface area contributed by atoms with Gasteiger partial charge in [0.05, 0.1) is 5.39 Å². The number of thiophene rings is 1. The Morgan fingerprint density at radius 3 is 2.50 bits per heavy atom. The smallest absolute Gasteiger partial charge is 0.128 e. The van der Waals surface area contributed by atoms with Crippen LogP contribution in [0, 0.1) is 20.8 Å². The molecule has 0 amide bonds. The van der Waals surface area contributed by atoms with E-state index in [-0.39, 0.29) is 0 Å². The number of hydrogen-bond donors (Lipinski definition) is 0. The molecule has 2 aromatic carbocycles. The van der Waals surface area contributed by atoms with Gasteiger partial charge in [0.15, 0.2) is 0 Å². The molecular formula is C22H20N2S2. The predicted molar refractivity (Wildman–Crippen MR) is 113 cm³/mol. The molecular weight excluding hydrogens is 356 g/mol. The van der Waals surface area contributed by atoms with Gasteiger partial charge in [-0.2, -0.15) is 0 Å². The van der Waals surface area contributed by atoms with Gasteiger partial charge in [0, 0.05) is 16.7 Å². The first-order valence-corrected chi connectivity index (χ1v) is 10.5. The number of thioether (sulfide) groups is 1. The second kappa shape index (κ2) is 7.22. The second-order valence-electron chi connectivity index (χ2n) is 6.58. The van der Waals surface area contributed by atoms with Crippen LogP contribution in [0.1, 0.15) is 22.3 Å². The number of rotatable bonds is 4. The van der Waals surface area contributed by atoms with E-state index in [4.69, 9.17) is 0 Å². The number of aryl methyl sites for hydroxylation is 3. The van der Waals surface area contributed by atoms with Crippen molar-refractivity contribution in [2.75, 3.05) is 0 Å². The summed E-state index contributed by atoms with van der Waals surface area (Å²) in [5, 5.41) is 4.43. The summed E-state index contributed by atoms with van der Waals surface area (Å²) in [6.45, 7) is 6.43. The lowest BCUT2D eigenvalue weighted by Crippen LogP contribution is -1.89. The molecule has 2 heterocycles. The SMILES string of the molecule is Cc1ccc(-c2csc3ncnc(SCc4ccc(C)c(C)c4)c23)cc1. The number of benzene rings is 2. The first-order chi connectivity index (χ1) is 12.6. The first kappa shape index (κ1) is 17.3. The van der Waals surface area contributed by atoms with Crippen molar-refractivity contribution in [1.29, 1.82) is 0 Å². The minimum atomic E-state index is 0.913. The topological polar surface area (TPSA) is 25.8 Å². The van der Waals surface area contributed by atoms with Gasteiger partial charge in [0.25, 0.3) is 0 Å². The van der Waals surface area contributed by atoms with Crippen molar-refractivity contribution in [2.45, 2.75) is 31.6 Å². The first-order valence-electron chi connectivity index (χ1n) is 8.60. The Morgan fingerprint density at radius 2 is 1.73 bits per heavy atom. The summed E-state index contributed by atoms with van der Waals surface area (Å²) in [5.41, 5.74) is 7.73. The molecule has 0 atom stereocenters. The van der Waals surface area contributed by atoms with E-state index in [1.54, 1.807) is 29.4 Å². The monoisotopic (exact) mass is 376 g/mol. The Labute approximate surface area is 162 Å². The lowest BCUT2D eigenvalue weighted by Gasteiger charge is -2.07. The lowest BCUT2D eigenvalue weighted by atomic mass is 10.1. The summed E-state index contributed by atoms with van der Waals surface area (Å²) in [5.74, 6) is 0.913. The van der Waals surface area contributed by atoms with E-state index in [9.17, 15) is 0 Å². The minimum absolute atomic E-state index is 0.913. The Kier molecular flexibility index (Phi) is 4.79. The van der Waals surface area contributed by atoms with E-state index >= 15 is 0 Å². The van der Waals surface area contributed by atoms with Gasteiger partial charge in [-0.25, -0.2) is 9.97 Å². The molecule has 26 heavy (non-hydrogen) atoms. The number of nitrogens with zero attached hydrogens (tertiary/aromatic N) is 2. The summed E-state index contributed by atoms with van der Waals surface area (Å²) < 4.78 is 0. The lowest BCUT2D eigenvalue weighted by molar-refractivity contribution is 1.11. The van der Waals surface area contributed by atoms with Crippen molar-refractivity contribution < 1.29 is 0 Å². The molecule has 130 valence electrons. The fourth-order valence-corrected chi connectivity index (χ4v) is 4.88. The van der Waals surface area contributed by atoms with Crippen LogP contribution in [0.2, 0.25) is 0 Å². The molecule has 0 aliphatic rings. The molecule has 0 saturated carbocycles. The molecule has 4 rings (SSSR count). The van der Waals surface area contributed by atoms with Gasteiger partial charge in [-0.05, 0) is 43.0 Å². The van der Waals surface area contributed by atoms with Gasteiger partial charge < -0.3 is 0 Å². The van der Waals surface area contributed by atoms with Crippen molar-refractivity contribution in [3.05, 3.63) is 76.4 Å². The molecule has 0 saturated heterocycles. The van der Waals surface area contributed by atoms with Crippen LogP contribution in [-0.2, 0) is 5.75 Å². The van der Waals surface area contributed by atoms with Gasteiger partial charge in [0.2, 0.25) is 0 Å². The molecule has 4 heteroatoms. The van der Waals surface area contributed by atoms with Crippen LogP contribution in [0.15, 0.2) is 59.2 Å². The Morgan fingerprint density at radius 1 is 0.923 bits per heavy atom. The molecule has 0 bridgehead atoms. The molecule has 2 nitrogen and oxygen atoms in total. The Balaban J connectivity index is 1.69. The third-order valence-corrected chi connectivity index (χ3v) is 6.59. The normalized spacial score (nSPS) is 11.2. The Bertz CT molecular complexity index is 1070. The van der Waals surface area contributed by atoms with Crippen molar-refractivity contribution in [2.24, 2.45) is 0 Å². The second-order valence-corrected chi connectivity index (χ2v) is 8.40. The highest BCUT2D eigenvalue weighted by Crippen LogP contribution is 2.38. The fourth-order valence-electron chi connectivity index (χ4n) is 2.95. The Hall–Kier alpha value is -2.17. The van der Waals surface area contributed by atoms with Gasteiger partial charge >= 0.3 is 0 Å². The van der Waals surface area contributed by atoms with Gasteiger partial charge in [-0.1, -0.05) is 48.0 Å². The van der Waals surface area contributed by atoms with E-state index < -0.39 is 0 Å². The number of aromatic nitrogens is 2. The van der Waals surface area contributed by atoms with Gasteiger partial charge in [-0.15, -0.1) is 23.1 Å². The summed E-state index contributed by atoms with van der Waals surface area (Å²) >= 11 is 3.48. The van der Waals surface area contributed by atoms with Crippen LogP contribution in [0.3, 0.4) is 0 Å². The van der Waals surface area contributed by atoms with Crippen LogP contribution in [0.5, 0.6) is 0 Å². The van der Waals surface area contributed by atoms with Crippen molar-refractivity contribution >= 4 is 33.3 Å². The van der Waals surface area contributed by atoms with E-state index in [2.05, 4.69) is 78.6 Å². The molecule has 0 spiro atoms. The number of fused-ring (bicyclic) bond motifs is 1. The van der Waals surface area contributed by atoms with E-state index in [1.165, 1.54) is 38.8 Å². The standard InChI is InChI=1S/C22H20N2S2/c1-14-4-8-18(9-5-14)19-12-26-22-20(19)21(23-13-24-22)25-11-17-7-6-15(2)16(3)10-17/h4-10,12-13H,11H2,1-3H3. The van der Waals surface area contributed by atoms with E-state index in [1.807, 2.05) is 0 Å². The third-order valence-electron chi connectivity index (χ3n) is 4.64. The van der Waals surface area contributed by atoms with Crippen molar-refractivity contribution in [3.63, 3.8) is 0 Å². The molecule has 0 radical (unpaired) electrons. The van der Waals surface area contributed by atoms with Crippen LogP contribution in [0.4, 0.5) is 0 Å². The summed E-state index contributed by atoms with van der Waals surface area (Å²) in [6, 6.07) is 15.4. The molecule has 0 aliphatic heterocycles. The minimum Gasteiger partial charge on any atom is -0.229 e. The zero-order valence-corrected chi connectivity index (χ0v) is 16.7. The predicted octanol–water partition coefficient (Wildman–Crippen LogP) is 6.58. The quantitative estimate of drug-likeness (QED) is 0.297. The zero-order valence-electron chi connectivity index (χ0n) is 15.1. The van der Waals surface area contributed by atoms with Crippen LogP contribution in [0.25, 0.3) is 21.3 Å². The van der Waals surface area contributed by atoms with Crippen molar-refractivity contribution in [1.82, 2.24) is 9.97 Å². The average molecular weight is 377 g/mol.